The molecule has 17 heavy (non-hydrogen) atoms. The quantitative estimate of drug-likeness (QED) is 0.824. The Morgan fingerprint density at radius 1 is 1.53 bits per heavy atom. The molecule has 96 valence electrons. The van der Waals surface area contributed by atoms with Gasteiger partial charge in [0.1, 0.15) is 5.82 Å². The van der Waals surface area contributed by atoms with Gasteiger partial charge in [-0.05, 0) is 19.1 Å². The van der Waals surface area contributed by atoms with Crippen LogP contribution in [0.3, 0.4) is 0 Å². The highest BCUT2D eigenvalue weighted by Gasteiger charge is 2.17. The molecular formula is C12H18ClFN2O. The Morgan fingerprint density at radius 2 is 2.24 bits per heavy atom. The summed E-state index contributed by atoms with van der Waals surface area (Å²) in [5, 5.41) is 3.53. The first-order chi connectivity index (χ1) is 8.10. The molecule has 0 bridgehead atoms. The number of rotatable bonds is 6. The maximum absolute atomic E-state index is 13.7. The van der Waals surface area contributed by atoms with Crippen molar-refractivity contribution in [3.63, 3.8) is 0 Å². The van der Waals surface area contributed by atoms with Crippen molar-refractivity contribution in [2.75, 3.05) is 20.2 Å². The molecule has 0 spiro atoms. The highest BCUT2D eigenvalue weighted by atomic mass is 35.5. The van der Waals surface area contributed by atoms with Crippen LogP contribution < -0.4 is 11.1 Å². The standard InChI is InChI=1S/C12H18ClFN2O/c1-8(17-2)7-16-11(6-15)12-9(13)4-3-5-10(12)14/h3-5,8,11,16H,6-7,15H2,1-2H3. The van der Waals surface area contributed by atoms with E-state index in [0.717, 1.165) is 0 Å². The van der Waals surface area contributed by atoms with Gasteiger partial charge in [0, 0.05) is 36.8 Å². The van der Waals surface area contributed by atoms with Crippen LogP contribution in [0.15, 0.2) is 18.2 Å². The maximum atomic E-state index is 13.7. The fourth-order valence-electron chi connectivity index (χ4n) is 1.54. The molecule has 0 aliphatic carbocycles. The van der Waals surface area contributed by atoms with Crippen molar-refractivity contribution in [2.45, 2.75) is 19.1 Å². The lowest BCUT2D eigenvalue weighted by atomic mass is 10.1. The first-order valence-corrected chi connectivity index (χ1v) is 5.88. The molecule has 2 unspecified atom stereocenters. The summed E-state index contributed by atoms with van der Waals surface area (Å²) in [4.78, 5) is 0. The molecule has 5 heteroatoms. The van der Waals surface area contributed by atoms with Gasteiger partial charge in [-0.1, -0.05) is 17.7 Å². The molecule has 3 N–H and O–H groups in total. The molecular weight excluding hydrogens is 243 g/mol. The first kappa shape index (κ1) is 14.4. The molecule has 0 aliphatic rings. The number of ether oxygens (including phenoxy) is 1. The van der Waals surface area contributed by atoms with Gasteiger partial charge in [-0.2, -0.15) is 0 Å². The fraction of sp³-hybridized carbons (Fsp3) is 0.500. The zero-order chi connectivity index (χ0) is 12.8. The lowest BCUT2D eigenvalue weighted by Gasteiger charge is -2.21. The van der Waals surface area contributed by atoms with Crippen LogP contribution in [-0.4, -0.2) is 26.3 Å². The normalized spacial score (nSPS) is 14.6. The van der Waals surface area contributed by atoms with Crippen LogP contribution in [0.2, 0.25) is 5.02 Å². The van der Waals surface area contributed by atoms with E-state index in [1.165, 1.54) is 6.07 Å². The predicted molar refractivity (Wildman–Crippen MR) is 67.7 cm³/mol. The fourth-order valence-corrected chi connectivity index (χ4v) is 1.83. The number of methoxy groups -OCH3 is 1. The van der Waals surface area contributed by atoms with E-state index in [4.69, 9.17) is 22.1 Å². The van der Waals surface area contributed by atoms with E-state index < -0.39 is 0 Å². The van der Waals surface area contributed by atoms with Crippen LogP contribution in [0, 0.1) is 5.82 Å². The molecule has 0 amide bonds. The second-order valence-electron chi connectivity index (χ2n) is 3.88. The third-order valence-electron chi connectivity index (χ3n) is 2.64. The Hall–Kier alpha value is -0.680. The Bertz CT molecular complexity index is 342. The third-order valence-corrected chi connectivity index (χ3v) is 2.97. The van der Waals surface area contributed by atoms with Gasteiger partial charge in [-0.25, -0.2) is 4.39 Å². The van der Waals surface area contributed by atoms with Crippen molar-refractivity contribution in [3.8, 4) is 0 Å². The number of nitrogens with two attached hydrogens (primary N) is 1. The zero-order valence-electron chi connectivity index (χ0n) is 10.0. The van der Waals surface area contributed by atoms with E-state index >= 15 is 0 Å². The minimum Gasteiger partial charge on any atom is -0.380 e. The zero-order valence-corrected chi connectivity index (χ0v) is 10.8. The highest BCUT2D eigenvalue weighted by molar-refractivity contribution is 6.31. The molecule has 1 aromatic carbocycles. The summed E-state index contributed by atoms with van der Waals surface area (Å²) < 4.78 is 18.8. The molecule has 0 saturated heterocycles. The monoisotopic (exact) mass is 260 g/mol. The number of hydrogen-bond donors (Lipinski definition) is 2. The first-order valence-electron chi connectivity index (χ1n) is 5.50. The second kappa shape index (κ2) is 6.91. The largest absolute Gasteiger partial charge is 0.380 e. The van der Waals surface area contributed by atoms with E-state index in [1.54, 1.807) is 19.2 Å². The molecule has 2 atom stereocenters. The summed E-state index contributed by atoms with van der Waals surface area (Å²) in [7, 11) is 1.62. The lowest BCUT2D eigenvalue weighted by Crippen LogP contribution is -2.34. The summed E-state index contributed by atoms with van der Waals surface area (Å²) in [5.74, 6) is -0.342. The SMILES string of the molecule is COC(C)CNC(CN)c1c(F)cccc1Cl. The van der Waals surface area contributed by atoms with E-state index in [1.807, 2.05) is 6.92 Å². The molecule has 0 heterocycles. The van der Waals surface area contributed by atoms with Gasteiger partial charge >= 0.3 is 0 Å². The summed E-state index contributed by atoms with van der Waals surface area (Å²) in [6, 6.07) is 4.31. The van der Waals surface area contributed by atoms with Gasteiger partial charge in [0.25, 0.3) is 0 Å². The Kier molecular flexibility index (Phi) is 5.85. The van der Waals surface area contributed by atoms with Gasteiger partial charge in [0.15, 0.2) is 0 Å². The third kappa shape index (κ3) is 3.92. The van der Waals surface area contributed by atoms with Gasteiger partial charge in [-0.3, -0.25) is 0 Å². The second-order valence-corrected chi connectivity index (χ2v) is 4.29. The lowest BCUT2D eigenvalue weighted by molar-refractivity contribution is 0.114. The van der Waals surface area contributed by atoms with Crippen LogP contribution in [0.5, 0.6) is 0 Å². The molecule has 3 nitrogen and oxygen atoms in total. The van der Waals surface area contributed by atoms with Crippen LogP contribution in [0.1, 0.15) is 18.5 Å². The molecule has 0 aliphatic heterocycles. The minimum atomic E-state index is -0.342. The Morgan fingerprint density at radius 3 is 2.76 bits per heavy atom. The van der Waals surface area contributed by atoms with Gasteiger partial charge in [0.2, 0.25) is 0 Å². The van der Waals surface area contributed by atoms with Crippen LogP contribution >= 0.6 is 11.6 Å². The average Bonchev–Trinajstić information content (AvgIpc) is 2.32. The molecule has 1 aromatic rings. The topological polar surface area (TPSA) is 47.3 Å². The van der Waals surface area contributed by atoms with E-state index in [0.29, 0.717) is 17.1 Å². The van der Waals surface area contributed by atoms with Crippen molar-refractivity contribution in [1.29, 1.82) is 0 Å². The van der Waals surface area contributed by atoms with Crippen molar-refractivity contribution >= 4 is 11.6 Å². The average molecular weight is 261 g/mol. The van der Waals surface area contributed by atoms with E-state index in [9.17, 15) is 4.39 Å². The van der Waals surface area contributed by atoms with Crippen molar-refractivity contribution in [3.05, 3.63) is 34.6 Å². The summed E-state index contributed by atoms with van der Waals surface area (Å²) in [5.41, 5.74) is 6.06. The van der Waals surface area contributed by atoms with Gasteiger partial charge in [-0.15, -0.1) is 0 Å². The van der Waals surface area contributed by atoms with Gasteiger partial charge in [0.05, 0.1) is 6.10 Å². The van der Waals surface area contributed by atoms with E-state index in [2.05, 4.69) is 5.32 Å². The van der Waals surface area contributed by atoms with Crippen molar-refractivity contribution < 1.29 is 9.13 Å². The highest BCUT2D eigenvalue weighted by Crippen LogP contribution is 2.25. The number of hydrogen-bond acceptors (Lipinski definition) is 3. The summed E-state index contributed by atoms with van der Waals surface area (Å²) in [6.45, 7) is 2.78. The van der Waals surface area contributed by atoms with Crippen LogP contribution in [0.25, 0.3) is 0 Å². The minimum absolute atomic E-state index is 0.0367. The van der Waals surface area contributed by atoms with Crippen molar-refractivity contribution in [1.82, 2.24) is 5.32 Å². The Balaban J connectivity index is 2.79. The molecule has 0 radical (unpaired) electrons. The van der Waals surface area contributed by atoms with Crippen LogP contribution in [0.4, 0.5) is 4.39 Å². The summed E-state index contributed by atoms with van der Waals surface area (Å²) >= 11 is 5.99. The maximum Gasteiger partial charge on any atom is 0.129 e. The van der Waals surface area contributed by atoms with Crippen molar-refractivity contribution in [2.24, 2.45) is 5.73 Å². The number of benzene rings is 1. The molecule has 0 saturated carbocycles. The van der Waals surface area contributed by atoms with Crippen LogP contribution in [-0.2, 0) is 4.74 Å². The molecule has 0 fully saturated rings. The Labute approximate surface area is 106 Å². The van der Waals surface area contributed by atoms with Gasteiger partial charge < -0.3 is 15.8 Å². The number of halogens is 2. The van der Waals surface area contributed by atoms with E-state index in [-0.39, 0.29) is 24.5 Å². The predicted octanol–water partition coefficient (Wildman–Crippen LogP) is 2.10. The molecule has 1 rings (SSSR count). The number of nitrogens with one attached hydrogen (secondary N) is 1. The summed E-state index contributed by atoms with van der Waals surface area (Å²) in [6.07, 6.45) is 0.0367. The molecule has 0 aromatic heterocycles. The smallest absolute Gasteiger partial charge is 0.129 e.